The number of thiocarbonyl (C=S) groups is 1. The highest BCUT2D eigenvalue weighted by Crippen LogP contribution is 2.24. The van der Waals surface area contributed by atoms with Gasteiger partial charge < -0.3 is 9.47 Å². The van der Waals surface area contributed by atoms with E-state index in [0.29, 0.717) is 29.6 Å². The van der Waals surface area contributed by atoms with Gasteiger partial charge in [-0.05, 0) is 80.4 Å². The van der Waals surface area contributed by atoms with Gasteiger partial charge in [-0.2, -0.15) is 0 Å². The van der Waals surface area contributed by atoms with Crippen LogP contribution in [0.3, 0.4) is 0 Å². The molecule has 0 aliphatic rings. The van der Waals surface area contributed by atoms with Crippen LogP contribution in [-0.4, -0.2) is 29.6 Å². The molecular formula is C23H28BrN3O4S. The van der Waals surface area contributed by atoms with Gasteiger partial charge in [-0.15, -0.1) is 0 Å². The zero-order valence-electron chi connectivity index (χ0n) is 18.7. The van der Waals surface area contributed by atoms with Crippen molar-refractivity contribution in [2.24, 2.45) is 5.92 Å². The zero-order valence-corrected chi connectivity index (χ0v) is 21.1. The van der Waals surface area contributed by atoms with E-state index < -0.39 is 17.9 Å². The third-order valence-corrected chi connectivity index (χ3v) is 5.14. The highest BCUT2D eigenvalue weighted by atomic mass is 79.9. The van der Waals surface area contributed by atoms with Gasteiger partial charge in [0, 0.05) is 4.47 Å². The molecule has 9 heteroatoms. The van der Waals surface area contributed by atoms with Crippen molar-refractivity contribution in [2.75, 3.05) is 6.61 Å². The van der Waals surface area contributed by atoms with Crippen LogP contribution in [0.4, 0.5) is 0 Å². The minimum atomic E-state index is -0.774. The fourth-order valence-corrected chi connectivity index (χ4v) is 3.03. The van der Waals surface area contributed by atoms with E-state index in [2.05, 4.69) is 32.1 Å². The SMILES string of the molecule is Cc1ccc(OC(C)C(=O)NNC(=S)NC(=O)c2cc(Br)ccc2OCC(C)C)cc1C. The third-order valence-electron chi connectivity index (χ3n) is 4.45. The lowest BCUT2D eigenvalue weighted by Gasteiger charge is -2.17. The van der Waals surface area contributed by atoms with Gasteiger partial charge in [0.05, 0.1) is 12.2 Å². The largest absolute Gasteiger partial charge is 0.492 e. The van der Waals surface area contributed by atoms with Crippen molar-refractivity contribution in [3.8, 4) is 11.5 Å². The molecular weight excluding hydrogens is 494 g/mol. The molecule has 0 aliphatic heterocycles. The third kappa shape index (κ3) is 7.80. The molecule has 0 radical (unpaired) electrons. The van der Waals surface area contributed by atoms with Crippen LogP contribution in [0, 0.1) is 19.8 Å². The molecule has 0 aliphatic carbocycles. The Bertz CT molecular complexity index is 997. The van der Waals surface area contributed by atoms with Crippen LogP contribution < -0.4 is 25.6 Å². The summed E-state index contributed by atoms with van der Waals surface area (Å²) in [7, 11) is 0. The van der Waals surface area contributed by atoms with Crippen LogP contribution >= 0.6 is 28.1 Å². The number of amides is 2. The van der Waals surface area contributed by atoms with E-state index in [9.17, 15) is 9.59 Å². The average Bonchev–Trinajstić information content (AvgIpc) is 2.73. The van der Waals surface area contributed by atoms with Crippen molar-refractivity contribution >= 4 is 45.1 Å². The Labute approximate surface area is 202 Å². The first-order valence-corrected chi connectivity index (χ1v) is 11.3. The molecule has 0 fully saturated rings. The van der Waals surface area contributed by atoms with Crippen molar-refractivity contribution < 1.29 is 19.1 Å². The Morgan fingerprint density at radius 2 is 1.75 bits per heavy atom. The second-order valence-electron chi connectivity index (χ2n) is 7.75. The van der Waals surface area contributed by atoms with Crippen LogP contribution in [0.5, 0.6) is 11.5 Å². The number of hydrogen-bond acceptors (Lipinski definition) is 5. The predicted octanol–water partition coefficient (Wildman–Crippen LogP) is 4.20. The normalized spacial score (nSPS) is 11.5. The predicted molar refractivity (Wildman–Crippen MR) is 132 cm³/mol. The Kier molecular flexibility index (Phi) is 9.46. The quantitative estimate of drug-likeness (QED) is 0.373. The van der Waals surface area contributed by atoms with E-state index >= 15 is 0 Å². The summed E-state index contributed by atoms with van der Waals surface area (Å²) in [5, 5.41) is 2.48. The Hall–Kier alpha value is -2.65. The first kappa shape index (κ1) is 25.6. The summed E-state index contributed by atoms with van der Waals surface area (Å²) >= 11 is 8.48. The topological polar surface area (TPSA) is 88.7 Å². The van der Waals surface area contributed by atoms with Crippen LogP contribution in [0.1, 0.15) is 42.3 Å². The van der Waals surface area contributed by atoms with Gasteiger partial charge in [0.1, 0.15) is 11.5 Å². The second kappa shape index (κ2) is 11.8. The minimum Gasteiger partial charge on any atom is -0.492 e. The zero-order chi connectivity index (χ0) is 23.8. The van der Waals surface area contributed by atoms with Crippen molar-refractivity contribution in [2.45, 2.75) is 40.7 Å². The molecule has 1 atom stereocenters. The van der Waals surface area contributed by atoms with Crippen LogP contribution in [0.15, 0.2) is 40.9 Å². The molecule has 2 amide bonds. The molecule has 7 nitrogen and oxygen atoms in total. The Morgan fingerprint density at radius 1 is 1.03 bits per heavy atom. The molecule has 0 bridgehead atoms. The lowest BCUT2D eigenvalue weighted by Crippen LogP contribution is -2.51. The number of carbonyl (C=O) groups is 2. The number of ether oxygens (including phenoxy) is 2. The first-order chi connectivity index (χ1) is 15.1. The molecule has 172 valence electrons. The average molecular weight is 522 g/mol. The van der Waals surface area contributed by atoms with Gasteiger partial charge in [0.2, 0.25) is 0 Å². The number of halogens is 1. The van der Waals surface area contributed by atoms with Gasteiger partial charge >= 0.3 is 0 Å². The molecule has 2 aromatic rings. The summed E-state index contributed by atoms with van der Waals surface area (Å²) in [5.41, 5.74) is 7.49. The molecule has 0 heterocycles. The molecule has 0 saturated heterocycles. The van der Waals surface area contributed by atoms with Crippen molar-refractivity contribution in [3.63, 3.8) is 0 Å². The summed E-state index contributed by atoms with van der Waals surface area (Å²) in [6.07, 6.45) is -0.774. The maximum atomic E-state index is 12.7. The van der Waals surface area contributed by atoms with E-state index in [1.807, 2.05) is 39.8 Å². The molecule has 3 N–H and O–H groups in total. The highest BCUT2D eigenvalue weighted by Gasteiger charge is 2.18. The van der Waals surface area contributed by atoms with E-state index in [4.69, 9.17) is 21.7 Å². The molecule has 2 aromatic carbocycles. The number of hydrogen-bond donors (Lipinski definition) is 3. The number of nitrogens with one attached hydrogen (secondary N) is 3. The van der Waals surface area contributed by atoms with E-state index in [0.717, 1.165) is 15.6 Å². The lowest BCUT2D eigenvalue weighted by atomic mass is 10.1. The van der Waals surface area contributed by atoms with Crippen molar-refractivity contribution in [1.82, 2.24) is 16.2 Å². The second-order valence-corrected chi connectivity index (χ2v) is 9.07. The van der Waals surface area contributed by atoms with Crippen molar-refractivity contribution in [3.05, 3.63) is 57.6 Å². The summed E-state index contributed by atoms with van der Waals surface area (Å²) in [4.78, 5) is 25.0. The summed E-state index contributed by atoms with van der Waals surface area (Å²) < 4.78 is 12.1. The smallest absolute Gasteiger partial charge is 0.279 e. The number of rotatable bonds is 7. The number of benzene rings is 2. The van der Waals surface area contributed by atoms with Crippen LogP contribution in [-0.2, 0) is 4.79 Å². The standard InChI is InChI=1S/C23H28BrN3O4S/c1-13(2)12-30-20-9-7-17(24)11-19(20)22(29)25-23(32)27-26-21(28)16(5)31-18-8-6-14(3)15(4)10-18/h6-11,13,16H,12H2,1-5H3,(H,26,28)(H2,25,27,29,32). The first-order valence-electron chi connectivity index (χ1n) is 10.1. The molecule has 0 aromatic heterocycles. The molecule has 1 unspecified atom stereocenters. The summed E-state index contributed by atoms with van der Waals surface area (Å²) in [5.74, 6) is 0.442. The van der Waals surface area contributed by atoms with Gasteiger partial charge in [0.25, 0.3) is 11.8 Å². The Balaban J connectivity index is 1.90. The van der Waals surface area contributed by atoms with Gasteiger partial charge in [-0.25, -0.2) is 0 Å². The van der Waals surface area contributed by atoms with Crippen LogP contribution in [0.25, 0.3) is 0 Å². The van der Waals surface area contributed by atoms with Gasteiger partial charge in [-0.3, -0.25) is 25.8 Å². The summed E-state index contributed by atoms with van der Waals surface area (Å²) in [6.45, 7) is 10.1. The number of carbonyl (C=O) groups excluding carboxylic acids is 2. The molecule has 0 saturated carbocycles. The lowest BCUT2D eigenvalue weighted by molar-refractivity contribution is -0.127. The molecule has 2 rings (SSSR count). The van der Waals surface area contributed by atoms with Gasteiger partial charge in [-0.1, -0.05) is 35.8 Å². The van der Waals surface area contributed by atoms with Crippen LogP contribution in [0.2, 0.25) is 0 Å². The molecule has 0 spiro atoms. The monoisotopic (exact) mass is 521 g/mol. The number of hydrazine groups is 1. The maximum absolute atomic E-state index is 12.7. The fourth-order valence-electron chi connectivity index (χ4n) is 2.53. The minimum absolute atomic E-state index is 0.0588. The highest BCUT2D eigenvalue weighted by molar-refractivity contribution is 9.10. The van der Waals surface area contributed by atoms with E-state index in [1.165, 1.54) is 0 Å². The van der Waals surface area contributed by atoms with Gasteiger partial charge in [0.15, 0.2) is 11.2 Å². The molecule has 32 heavy (non-hydrogen) atoms. The summed E-state index contributed by atoms with van der Waals surface area (Å²) in [6, 6.07) is 10.8. The Morgan fingerprint density at radius 3 is 2.41 bits per heavy atom. The van der Waals surface area contributed by atoms with Crippen molar-refractivity contribution in [1.29, 1.82) is 0 Å². The fraction of sp³-hybridized carbons (Fsp3) is 0.348. The number of aryl methyl sites for hydroxylation is 2. The maximum Gasteiger partial charge on any atom is 0.279 e. The van der Waals surface area contributed by atoms with E-state index in [1.54, 1.807) is 31.2 Å². The van der Waals surface area contributed by atoms with E-state index in [-0.39, 0.29) is 5.11 Å².